The molecule has 1 N–H and O–H groups in total. The molecule has 0 saturated heterocycles. The third kappa shape index (κ3) is 4.15. The maximum Gasteiger partial charge on any atom is 0.251 e. The molecule has 2 nitrogen and oxygen atoms in total. The van der Waals surface area contributed by atoms with Crippen molar-refractivity contribution in [2.75, 3.05) is 0 Å². The van der Waals surface area contributed by atoms with Gasteiger partial charge in [-0.05, 0) is 36.1 Å². The monoisotopic (exact) mass is 297 g/mol. The van der Waals surface area contributed by atoms with Crippen molar-refractivity contribution in [2.24, 2.45) is 11.8 Å². The van der Waals surface area contributed by atoms with Crippen molar-refractivity contribution in [1.82, 2.24) is 5.32 Å². The number of rotatable bonds is 4. The van der Waals surface area contributed by atoms with Crippen LogP contribution in [0.1, 0.15) is 38.1 Å². The number of halogens is 1. The fourth-order valence-corrected chi connectivity index (χ4v) is 2.20. The Morgan fingerprint density at radius 2 is 1.53 bits per heavy atom. The Balaban J connectivity index is 2.74. The Morgan fingerprint density at radius 1 is 1.06 bits per heavy atom. The Kier molecular flexibility index (Phi) is 5.19. The first-order chi connectivity index (χ1) is 7.91. The minimum atomic E-state index is 0.00454. The molecule has 1 rings (SSSR count). The van der Waals surface area contributed by atoms with E-state index in [0.29, 0.717) is 17.4 Å². The topological polar surface area (TPSA) is 29.1 Å². The molecule has 94 valence electrons. The average Bonchev–Trinajstić information content (AvgIpc) is 2.25. The normalized spacial score (nSPS) is 11.3. The predicted octanol–water partition coefficient (Wildman–Crippen LogP) is 3.86. The van der Waals surface area contributed by atoms with Gasteiger partial charge >= 0.3 is 0 Å². The summed E-state index contributed by atoms with van der Waals surface area (Å²) in [5.41, 5.74) is 0.708. The van der Waals surface area contributed by atoms with Crippen LogP contribution in [0.2, 0.25) is 0 Å². The van der Waals surface area contributed by atoms with Gasteiger partial charge < -0.3 is 5.32 Å². The number of benzene rings is 1. The zero-order chi connectivity index (χ0) is 13.0. The Morgan fingerprint density at radius 3 is 1.94 bits per heavy atom. The number of carbonyl (C=O) groups is 1. The lowest BCUT2D eigenvalue weighted by molar-refractivity contribution is 0.0910. The molecule has 1 aromatic carbocycles. The van der Waals surface area contributed by atoms with E-state index in [4.69, 9.17) is 0 Å². The zero-order valence-electron chi connectivity index (χ0n) is 10.8. The lowest BCUT2D eigenvalue weighted by Crippen LogP contribution is -2.42. The first-order valence-electron chi connectivity index (χ1n) is 5.98. The molecule has 0 fully saturated rings. The van der Waals surface area contributed by atoms with E-state index in [1.54, 1.807) is 0 Å². The van der Waals surface area contributed by atoms with Gasteiger partial charge in [0.05, 0.1) is 0 Å². The molecular formula is C14H20BrNO. The molecule has 0 atom stereocenters. The first kappa shape index (κ1) is 14.2. The van der Waals surface area contributed by atoms with Crippen molar-refractivity contribution in [2.45, 2.75) is 33.7 Å². The minimum Gasteiger partial charge on any atom is -0.349 e. The summed E-state index contributed by atoms with van der Waals surface area (Å²) in [4.78, 5) is 12.0. The lowest BCUT2D eigenvalue weighted by atomic mass is 9.93. The summed E-state index contributed by atoms with van der Waals surface area (Å²) in [5.74, 6) is 0.883. The van der Waals surface area contributed by atoms with E-state index >= 15 is 0 Å². The van der Waals surface area contributed by atoms with Crippen LogP contribution >= 0.6 is 15.9 Å². The predicted molar refractivity (Wildman–Crippen MR) is 75.1 cm³/mol. The maximum atomic E-state index is 12.0. The van der Waals surface area contributed by atoms with Crippen molar-refractivity contribution in [3.8, 4) is 0 Å². The number of amides is 1. The first-order valence-corrected chi connectivity index (χ1v) is 6.77. The van der Waals surface area contributed by atoms with Gasteiger partial charge in [0.25, 0.3) is 5.91 Å². The molecule has 0 aliphatic heterocycles. The van der Waals surface area contributed by atoms with Crippen LogP contribution < -0.4 is 5.32 Å². The van der Waals surface area contributed by atoms with E-state index < -0.39 is 0 Å². The van der Waals surface area contributed by atoms with Crippen molar-refractivity contribution in [3.63, 3.8) is 0 Å². The zero-order valence-corrected chi connectivity index (χ0v) is 12.4. The number of hydrogen-bond acceptors (Lipinski definition) is 1. The van der Waals surface area contributed by atoms with Crippen LogP contribution in [0.4, 0.5) is 0 Å². The molecule has 0 radical (unpaired) electrons. The van der Waals surface area contributed by atoms with E-state index in [0.717, 1.165) is 4.47 Å². The van der Waals surface area contributed by atoms with E-state index in [2.05, 4.69) is 48.9 Å². The molecule has 0 spiro atoms. The summed E-state index contributed by atoms with van der Waals surface area (Å²) in [7, 11) is 0. The standard InChI is InChI=1S/C14H20BrNO/c1-9(2)13(10(3)4)16-14(17)11-5-7-12(15)8-6-11/h5-10,13H,1-4H3,(H,16,17). The minimum absolute atomic E-state index is 0.00454. The van der Waals surface area contributed by atoms with Gasteiger partial charge in [0.15, 0.2) is 0 Å². The van der Waals surface area contributed by atoms with Crippen LogP contribution in [0, 0.1) is 11.8 Å². The molecule has 0 saturated carbocycles. The van der Waals surface area contributed by atoms with Crippen LogP contribution in [0.5, 0.6) is 0 Å². The molecule has 1 amide bonds. The van der Waals surface area contributed by atoms with Gasteiger partial charge in [0.2, 0.25) is 0 Å². The van der Waals surface area contributed by atoms with Crippen LogP contribution in [0.3, 0.4) is 0 Å². The third-order valence-corrected chi connectivity index (χ3v) is 3.37. The van der Waals surface area contributed by atoms with Gasteiger partial charge in [-0.15, -0.1) is 0 Å². The molecule has 3 heteroatoms. The quantitative estimate of drug-likeness (QED) is 0.898. The largest absolute Gasteiger partial charge is 0.349 e. The smallest absolute Gasteiger partial charge is 0.251 e. The van der Waals surface area contributed by atoms with Crippen molar-refractivity contribution in [1.29, 1.82) is 0 Å². The molecule has 0 bridgehead atoms. The summed E-state index contributed by atoms with van der Waals surface area (Å²) in [6.45, 7) is 8.53. The van der Waals surface area contributed by atoms with Gasteiger partial charge in [-0.2, -0.15) is 0 Å². The van der Waals surface area contributed by atoms with Gasteiger partial charge in [-0.3, -0.25) is 4.79 Å². The SMILES string of the molecule is CC(C)C(NC(=O)c1ccc(Br)cc1)C(C)C. The number of carbonyl (C=O) groups excluding carboxylic acids is 1. The molecule has 0 aliphatic carbocycles. The van der Waals surface area contributed by atoms with E-state index in [1.807, 2.05) is 24.3 Å². The molecular weight excluding hydrogens is 278 g/mol. The maximum absolute atomic E-state index is 12.0. The fourth-order valence-electron chi connectivity index (χ4n) is 1.94. The van der Waals surface area contributed by atoms with Gasteiger partial charge in [-0.25, -0.2) is 0 Å². The Bertz CT molecular complexity index is 362. The van der Waals surface area contributed by atoms with Crippen LogP contribution in [0.25, 0.3) is 0 Å². The second kappa shape index (κ2) is 6.20. The molecule has 0 heterocycles. The van der Waals surface area contributed by atoms with Crippen LogP contribution in [-0.2, 0) is 0 Å². The van der Waals surface area contributed by atoms with Crippen LogP contribution in [0.15, 0.2) is 28.7 Å². The second-order valence-electron chi connectivity index (χ2n) is 4.99. The van der Waals surface area contributed by atoms with Crippen molar-refractivity contribution in [3.05, 3.63) is 34.3 Å². The van der Waals surface area contributed by atoms with E-state index in [1.165, 1.54) is 0 Å². The average molecular weight is 298 g/mol. The molecule has 0 unspecified atom stereocenters. The van der Waals surface area contributed by atoms with Gasteiger partial charge in [0.1, 0.15) is 0 Å². The van der Waals surface area contributed by atoms with Crippen molar-refractivity contribution >= 4 is 21.8 Å². The summed E-state index contributed by atoms with van der Waals surface area (Å²) in [6.07, 6.45) is 0. The fraction of sp³-hybridized carbons (Fsp3) is 0.500. The summed E-state index contributed by atoms with van der Waals surface area (Å²) >= 11 is 3.36. The highest BCUT2D eigenvalue weighted by atomic mass is 79.9. The second-order valence-corrected chi connectivity index (χ2v) is 5.91. The Labute approximate surface area is 112 Å². The molecule has 1 aromatic rings. The highest BCUT2D eigenvalue weighted by molar-refractivity contribution is 9.10. The molecule has 17 heavy (non-hydrogen) atoms. The Hall–Kier alpha value is -0.830. The van der Waals surface area contributed by atoms with Crippen LogP contribution in [-0.4, -0.2) is 11.9 Å². The molecule has 0 aromatic heterocycles. The van der Waals surface area contributed by atoms with E-state index in [-0.39, 0.29) is 11.9 Å². The van der Waals surface area contributed by atoms with E-state index in [9.17, 15) is 4.79 Å². The number of nitrogens with one attached hydrogen (secondary N) is 1. The summed E-state index contributed by atoms with van der Waals surface area (Å²) in [5, 5.41) is 3.10. The van der Waals surface area contributed by atoms with Gasteiger partial charge in [-0.1, -0.05) is 43.6 Å². The van der Waals surface area contributed by atoms with Crippen molar-refractivity contribution < 1.29 is 4.79 Å². The molecule has 0 aliphatic rings. The lowest BCUT2D eigenvalue weighted by Gasteiger charge is -2.26. The summed E-state index contributed by atoms with van der Waals surface area (Å²) in [6, 6.07) is 7.64. The highest BCUT2D eigenvalue weighted by Gasteiger charge is 2.20. The number of hydrogen-bond donors (Lipinski definition) is 1. The summed E-state index contributed by atoms with van der Waals surface area (Å²) < 4.78 is 0.985. The third-order valence-electron chi connectivity index (χ3n) is 2.84. The highest BCUT2D eigenvalue weighted by Crippen LogP contribution is 2.14. The van der Waals surface area contributed by atoms with Gasteiger partial charge in [0, 0.05) is 16.1 Å².